The summed E-state index contributed by atoms with van der Waals surface area (Å²) in [7, 11) is 0. The minimum absolute atomic E-state index is 0.155. The van der Waals surface area contributed by atoms with Gasteiger partial charge >= 0.3 is 5.97 Å². The van der Waals surface area contributed by atoms with E-state index in [2.05, 4.69) is 61.4 Å². The van der Waals surface area contributed by atoms with E-state index >= 15 is 0 Å². The molecule has 0 bridgehead atoms. The quantitative estimate of drug-likeness (QED) is 0.237. The van der Waals surface area contributed by atoms with Gasteiger partial charge in [-0.05, 0) is 87.7 Å². The van der Waals surface area contributed by atoms with Crippen LogP contribution in [0.5, 0.6) is 0 Å². The van der Waals surface area contributed by atoms with Crippen LogP contribution in [0.25, 0.3) is 0 Å². The van der Waals surface area contributed by atoms with Crippen molar-refractivity contribution in [2.75, 3.05) is 32.7 Å². The Bertz CT molecular complexity index is 1240. The molecule has 234 valence electrons. The van der Waals surface area contributed by atoms with Gasteiger partial charge in [-0.2, -0.15) is 0 Å². The first-order valence-corrected chi connectivity index (χ1v) is 16.4. The molecule has 2 fully saturated rings. The maximum absolute atomic E-state index is 10.9. The zero-order valence-electron chi connectivity index (χ0n) is 26.3. The normalized spacial score (nSPS) is 17.5. The lowest BCUT2D eigenvalue weighted by atomic mass is 9.77. The van der Waals surface area contributed by atoms with Crippen molar-refractivity contribution >= 4 is 5.97 Å². The summed E-state index contributed by atoms with van der Waals surface area (Å²) in [6, 6.07) is 9.08. The number of piperidine rings is 1. The second-order valence-corrected chi connectivity index (χ2v) is 12.8. The molecule has 1 spiro atoms. The van der Waals surface area contributed by atoms with Gasteiger partial charge in [0.05, 0.1) is 13.1 Å². The lowest BCUT2D eigenvalue weighted by molar-refractivity contribution is -0.136. The molecular weight excluding hydrogens is 538 g/mol. The van der Waals surface area contributed by atoms with Crippen LogP contribution < -0.4 is 0 Å². The SMILES string of the molecule is CCC(CC)N1CCC2(CCN(CCCn3ccnc3CN(Cc3ccc(CCC(=O)O)cc3)Cc3ncc[nH]3)C2)CC1. The third kappa shape index (κ3) is 8.77. The van der Waals surface area contributed by atoms with Crippen LogP contribution in [0.4, 0.5) is 0 Å². The van der Waals surface area contributed by atoms with Gasteiger partial charge in [0.2, 0.25) is 0 Å². The molecule has 0 saturated carbocycles. The lowest BCUT2D eigenvalue weighted by Gasteiger charge is -2.42. The van der Waals surface area contributed by atoms with Crippen molar-refractivity contribution in [1.82, 2.24) is 34.2 Å². The van der Waals surface area contributed by atoms with Crippen LogP contribution in [-0.2, 0) is 37.4 Å². The minimum atomic E-state index is -0.762. The van der Waals surface area contributed by atoms with E-state index in [4.69, 9.17) is 10.1 Å². The summed E-state index contributed by atoms with van der Waals surface area (Å²) < 4.78 is 2.32. The van der Waals surface area contributed by atoms with Crippen molar-refractivity contribution in [2.45, 2.75) is 97.4 Å². The van der Waals surface area contributed by atoms with Gasteiger partial charge in [-0.1, -0.05) is 38.1 Å². The Morgan fingerprint density at radius 1 is 0.977 bits per heavy atom. The number of H-pyrrole nitrogens is 1. The highest BCUT2D eigenvalue weighted by molar-refractivity contribution is 5.67. The van der Waals surface area contributed by atoms with Crippen LogP contribution in [0.1, 0.15) is 81.6 Å². The van der Waals surface area contributed by atoms with E-state index in [0.717, 1.165) is 55.9 Å². The van der Waals surface area contributed by atoms with E-state index in [-0.39, 0.29) is 6.42 Å². The smallest absolute Gasteiger partial charge is 0.303 e. The Morgan fingerprint density at radius 3 is 2.42 bits per heavy atom. The zero-order valence-corrected chi connectivity index (χ0v) is 26.3. The predicted molar refractivity (Wildman–Crippen MR) is 169 cm³/mol. The van der Waals surface area contributed by atoms with Gasteiger partial charge in [-0.3, -0.25) is 9.69 Å². The van der Waals surface area contributed by atoms with Crippen LogP contribution in [0.15, 0.2) is 49.1 Å². The summed E-state index contributed by atoms with van der Waals surface area (Å²) in [6.45, 7) is 14.1. The highest BCUT2D eigenvalue weighted by atomic mass is 16.4. The standard InChI is InChI=1S/C34H51N7O2/c1-3-30(4-2)40-21-13-34(14-22-40)12-20-38(27-34)18-5-19-41-23-17-37-32(41)26-39(25-31-35-15-16-36-31)24-29-8-6-28(7-9-29)10-11-33(42)43/h6-9,15-17,23,30H,3-5,10-14,18-22,24-27H2,1-2H3,(H,35,36)(H,42,43). The van der Waals surface area contributed by atoms with Gasteiger partial charge in [0, 0.05) is 56.9 Å². The van der Waals surface area contributed by atoms with Crippen LogP contribution in [0.2, 0.25) is 0 Å². The number of aromatic nitrogens is 4. The summed E-state index contributed by atoms with van der Waals surface area (Å²) in [5.74, 6) is 1.25. The van der Waals surface area contributed by atoms with Gasteiger partial charge in [-0.15, -0.1) is 0 Å². The number of aryl methyl sites for hydroxylation is 2. The molecule has 0 aliphatic carbocycles. The number of rotatable bonds is 16. The molecule has 0 radical (unpaired) electrons. The molecule has 43 heavy (non-hydrogen) atoms. The fourth-order valence-corrected chi connectivity index (χ4v) is 7.24. The molecule has 2 aliphatic heterocycles. The van der Waals surface area contributed by atoms with E-state index in [1.54, 1.807) is 6.20 Å². The number of aromatic amines is 1. The van der Waals surface area contributed by atoms with Crippen LogP contribution in [0, 0.1) is 5.41 Å². The molecule has 4 heterocycles. The summed E-state index contributed by atoms with van der Waals surface area (Å²) in [6.07, 6.45) is 16.2. The lowest BCUT2D eigenvalue weighted by Crippen LogP contribution is -2.45. The van der Waals surface area contributed by atoms with Crippen molar-refractivity contribution in [3.63, 3.8) is 0 Å². The Morgan fingerprint density at radius 2 is 1.72 bits per heavy atom. The van der Waals surface area contributed by atoms with Gasteiger partial charge in [-0.25, -0.2) is 9.97 Å². The molecule has 3 aromatic rings. The number of hydrogen-bond acceptors (Lipinski definition) is 6. The average Bonchev–Trinajstić information content (AvgIpc) is 3.77. The van der Waals surface area contributed by atoms with Gasteiger partial charge in [0.15, 0.2) is 0 Å². The Kier molecular flexibility index (Phi) is 11.1. The van der Waals surface area contributed by atoms with E-state index in [9.17, 15) is 4.79 Å². The number of hydrogen-bond donors (Lipinski definition) is 2. The summed E-state index contributed by atoms with van der Waals surface area (Å²) in [5, 5.41) is 8.99. The highest BCUT2D eigenvalue weighted by Crippen LogP contribution is 2.41. The monoisotopic (exact) mass is 589 g/mol. The number of carboxylic acids is 1. The van der Waals surface area contributed by atoms with Gasteiger partial charge in [0.1, 0.15) is 11.6 Å². The first kappa shape index (κ1) is 31.4. The molecule has 2 aromatic heterocycles. The van der Waals surface area contributed by atoms with Crippen molar-refractivity contribution in [1.29, 1.82) is 0 Å². The average molecular weight is 590 g/mol. The molecule has 0 amide bonds. The Hall–Kier alpha value is -3.01. The molecule has 2 saturated heterocycles. The van der Waals surface area contributed by atoms with E-state index < -0.39 is 5.97 Å². The molecular formula is C34H51N7O2. The van der Waals surface area contributed by atoms with Crippen molar-refractivity contribution < 1.29 is 9.90 Å². The van der Waals surface area contributed by atoms with Gasteiger partial charge < -0.3 is 24.5 Å². The number of imidazole rings is 2. The Labute approximate surface area is 257 Å². The van der Waals surface area contributed by atoms with Crippen molar-refractivity contribution in [3.05, 3.63) is 71.8 Å². The minimum Gasteiger partial charge on any atom is -0.481 e. The number of nitrogens with zero attached hydrogens (tertiary/aromatic N) is 6. The first-order valence-electron chi connectivity index (χ1n) is 16.4. The van der Waals surface area contributed by atoms with Crippen molar-refractivity contribution in [2.24, 2.45) is 5.41 Å². The number of carboxylic acid groups (broad SMARTS) is 1. The highest BCUT2D eigenvalue weighted by Gasteiger charge is 2.40. The predicted octanol–water partition coefficient (Wildman–Crippen LogP) is 5.19. The van der Waals surface area contributed by atoms with E-state index in [0.29, 0.717) is 18.4 Å². The maximum Gasteiger partial charge on any atom is 0.303 e. The summed E-state index contributed by atoms with van der Waals surface area (Å²) in [4.78, 5) is 31.2. The fourth-order valence-electron chi connectivity index (χ4n) is 7.24. The van der Waals surface area contributed by atoms with Crippen LogP contribution >= 0.6 is 0 Å². The third-order valence-corrected chi connectivity index (χ3v) is 9.86. The Balaban J connectivity index is 1.12. The first-order chi connectivity index (χ1) is 20.9. The summed E-state index contributed by atoms with van der Waals surface area (Å²) >= 11 is 0. The van der Waals surface area contributed by atoms with Crippen molar-refractivity contribution in [3.8, 4) is 0 Å². The molecule has 9 heteroatoms. The van der Waals surface area contributed by atoms with Crippen LogP contribution in [-0.4, -0.2) is 84.1 Å². The third-order valence-electron chi connectivity index (χ3n) is 9.86. The molecule has 0 atom stereocenters. The second-order valence-electron chi connectivity index (χ2n) is 12.8. The number of aliphatic carboxylic acids is 1. The maximum atomic E-state index is 10.9. The number of benzene rings is 1. The molecule has 2 N–H and O–H groups in total. The number of nitrogens with one attached hydrogen (secondary N) is 1. The second kappa shape index (κ2) is 15.1. The molecule has 5 rings (SSSR count). The molecule has 0 unspecified atom stereocenters. The summed E-state index contributed by atoms with van der Waals surface area (Å²) in [5.41, 5.74) is 2.79. The van der Waals surface area contributed by atoms with E-state index in [1.165, 1.54) is 63.8 Å². The molecule has 9 nitrogen and oxygen atoms in total. The number of likely N-dealkylation sites (tertiary alicyclic amines) is 2. The largest absolute Gasteiger partial charge is 0.481 e. The van der Waals surface area contributed by atoms with Gasteiger partial charge in [0.25, 0.3) is 0 Å². The number of carbonyl (C=O) groups is 1. The van der Waals surface area contributed by atoms with Crippen LogP contribution in [0.3, 0.4) is 0 Å². The fraction of sp³-hybridized carbons (Fsp3) is 0.618. The molecule has 2 aliphatic rings. The van der Waals surface area contributed by atoms with E-state index in [1.807, 2.05) is 24.5 Å². The molecule has 1 aromatic carbocycles. The topological polar surface area (TPSA) is 93.5 Å². The zero-order chi connectivity index (χ0) is 30.1.